The maximum atomic E-state index is 8.94. The molecular formula is C15H23N3. The Bertz CT molecular complexity index is 408. The number of benzene rings is 1. The second-order valence-electron chi connectivity index (χ2n) is 4.78. The van der Waals surface area contributed by atoms with Crippen molar-refractivity contribution in [3.05, 3.63) is 35.4 Å². The lowest BCUT2D eigenvalue weighted by atomic mass is 10.0. The minimum absolute atomic E-state index is 0.0313. The summed E-state index contributed by atoms with van der Waals surface area (Å²) in [4.78, 5) is 2.28. The van der Waals surface area contributed by atoms with Crippen molar-refractivity contribution in [1.82, 2.24) is 4.90 Å². The van der Waals surface area contributed by atoms with Crippen LogP contribution in [0.5, 0.6) is 0 Å². The summed E-state index contributed by atoms with van der Waals surface area (Å²) >= 11 is 0. The standard InChI is InChI=1S/C15H23N3/c1-4-18(11-13(3)9-16)15(10-17)14-7-5-6-12(2)8-14/h5-8,13,15H,4,10-11,17H2,1-3H3. The number of aryl methyl sites for hydroxylation is 1. The van der Waals surface area contributed by atoms with E-state index < -0.39 is 0 Å². The van der Waals surface area contributed by atoms with Crippen LogP contribution in [0.25, 0.3) is 0 Å². The fourth-order valence-electron chi connectivity index (χ4n) is 2.24. The quantitative estimate of drug-likeness (QED) is 0.837. The van der Waals surface area contributed by atoms with Crippen molar-refractivity contribution < 1.29 is 0 Å². The molecule has 0 bridgehead atoms. The lowest BCUT2D eigenvalue weighted by molar-refractivity contribution is 0.198. The predicted molar refractivity (Wildman–Crippen MR) is 75.0 cm³/mol. The number of nitriles is 1. The fraction of sp³-hybridized carbons (Fsp3) is 0.533. The number of likely N-dealkylation sites (N-methyl/N-ethyl adjacent to an activating group) is 1. The zero-order valence-electron chi connectivity index (χ0n) is 11.6. The van der Waals surface area contributed by atoms with Gasteiger partial charge >= 0.3 is 0 Å². The van der Waals surface area contributed by atoms with E-state index in [-0.39, 0.29) is 12.0 Å². The third-order valence-corrected chi connectivity index (χ3v) is 3.23. The van der Waals surface area contributed by atoms with E-state index in [0.29, 0.717) is 6.54 Å². The van der Waals surface area contributed by atoms with Gasteiger partial charge in [0, 0.05) is 19.1 Å². The molecule has 0 aliphatic heterocycles. The molecule has 0 saturated heterocycles. The summed E-state index contributed by atoms with van der Waals surface area (Å²) in [6, 6.07) is 10.9. The van der Waals surface area contributed by atoms with Crippen LogP contribution in [0, 0.1) is 24.2 Å². The molecule has 0 aliphatic carbocycles. The Hall–Kier alpha value is -1.37. The minimum Gasteiger partial charge on any atom is -0.329 e. The Morgan fingerprint density at radius 3 is 2.67 bits per heavy atom. The maximum absolute atomic E-state index is 8.94. The summed E-state index contributed by atoms with van der Waals surface area (Å²) < 4.78 is 0. The lowest BCUT2D eigenvalue weighted by Gasteiger charge is -2.31. The highest BCUT2D eigenvalue weighted by Gasteiger charge is 2.19. The summed E-state index contributed by atoms with van der Waals surface area (Å²) in [5, 5.41) is 8.94. The second-order valence-corrected chi connectivity index (χ2v) is 4.78. The molecule has 3 nitrogen and oxygen atoms in total. The van der Waals surface area contributed by atoms with Crippen LogP contribution in [0.3, 0.4) is 0 Å². The highest BCUT2D eigenvalue weighted by molar-refractivity contribution is 5.25. The molecule has 0 heterocycles. The minimum atomic E-state index is 0.0313. The summed E-state index contributed by atoms with van der Waals surface area (Å²) in [6.07, 6.45) is 0. The lowest BCUT2D eigenvalue weighted by Crippen LogP contribution is -2.36. The molecule has 2 unspecified atom stereocenters. The molecule has 0 aliphatic rings. The normalized spacial score (nSPS) is 14.2. The summed E-state index contributed by atoms with van der Waals surface area (Å²) in [5.41, 5.74) is 8.41. The largest absolute Gasteiger partial charge is 0.329 e. The van der Waals surface area contributed by atoms with Crippen LogP contribution in [0.1, 0.15) is 31.0 Å². The molecule has 0 spiro atoms. The number of nitrogens with zero attached hydrogens (tertiary/aromatic N) is 2. The average Bonchev–Trinajstić information content (AvgIpc) is 2.38. The number of hydrogen-bond donors (Lipinski definition) is 1. The molecule has 2 N–H and O–H groups in total. The van der Waals surface area contributed by atoms with Crippen molar-refractivity contribution in [1.29, 1.82) is 5.26 Å². The van der Waals surface area contributed by atoms with E-state index in [0.717, 1.165) is 13.1 Å². The van der Waals surface area contributed by atoms with Crippen molar-refractivity contribution >= 4 is 0 Å². The Morgan fingerprint density at radius 2 is 2.17 bits per heavy atom. The predicted octanol–water partition coefficient (Wildman–Crippen LogP) is 2.48. The van der Waals surface area contributed by atoms with Crippen molar-refractivity contribution in [3.63, 3.8) is 0 Å². The SMILES string of the molecule is CCN(CC(C)C#N)C(CN)c1cccc(C)c1. The monoisotopic (exact) mass is 245 g/mol. The van der Waals surface area contributed by atoms with Gasteiger partial charge in [-0.1, -0.05) is 36.8 Å². The van der Waals surface area contributed by atoms with Gasteiger partial charge in [0.1, 0.15) is 0 Å². The van der Waals surface area contributed by atoms with Crippen LogP contribution < -0.4 is 5.73 Å². The third kappa shape index (κ3) is 3.83. The maximum Gasteiger partial charge on any atom is 0.0666 e. The number of hydrogen-bond acceptors (Lipinski definition) is 3. The van der Waals surface area contributed by atoms with Crippen LogP contribution in [-0.4, -0.2) is 24.5 Å². The van der Waals surface area contributed by atoms with Gasteiger partial charge in [-0.2, -0.15) is 5.26 Å². The van der Waals surface area contributed by atoms with Gasteiger partial charge in [0.05, 0.1) is 12.0 Å². The van der Waals surface area contributed by atoms with E-state index in [1.165, 1.54) is 11.1 Å². The van der Waals surface area contributed by atoms with Gasteiger partial charge in [0.25, 0.3) is 0 Å². The molecule has 98 valence electrons. The van der Waals surface area contributed by atoms with Crippen molar-refractivity contribution in [3.8, 4) is 6.07 Å². The van der Waals surface area contributed by atoms with Crippen LogP contribution in [0.15, 0.2) is 24.3 Å². The van der Waals surface area contributed by atoms with Crippen LogP contribution in [0.2, 0.25) is 0 Å². The highest BCUT2D eigenvalue weighted by Crippen LogP contribution is 2.21. The zero-order valence-corrected chi connectivity index (χ0v) is 11.6. The van der Waals surface area contributed by atoms with Crippen molar-refractivity contribution in [2.75, 3.05) is 19.6 Å². The fourth-order valence-corrected chi connectivity index (χ4v) is 2.24. The van der Waals surface area contributed by atoms with E-state index >= 15 is 0 Å². The van der Waals surface area contributed by atoms with Gasteiger partial charge < -0.3 is 5.73 Å². The molecular weight excluding hydrogens is 222 g/mol. The molecule has 0 radical (unpaired) electrons. The average molecular weight is 245 g/mol. The Morgan fingerprint density at radius 1 is 1.44 bits per heavy atom. The van der Waals surface area contributed by atoms with Gasteiger partial charge in [-0.05, 0) is 26.0 Å². The van der Waals surface area contributed by atoms with Crippen LogP contribution in [-0.2, 0) is 0 Å². The summed E-state index contributed by atoms with van der Waals surface area (Å²) in [5.74, 6) is 0.0313. The van der Waals surface area contributed by atoms with Gasteiger partial charge in [-0.15, -0.1) is 0 Å². The van der Waals surface area contributed by atoms with E-state index in [4.69, 9.17) is 11.0 Å². The highest BCUT2D eigenvalue weighted by atomic mass is 15.2. The van der Waals surface area contributed by atoms with Gasteiger partial charge in [-0.25, -0.2) is 0 Å². The molecule has 0 saturated carbocycles. The first kappa shape index (κ1) is 14.7. The van der Waals surface area contributed by atoms with Crippen LogP contribution >= 0.6 is 0 Å². The zero-order chi connectivity index (χ0) is 13.5. The molecule has 1 rings (SSSR count). The molecule has 18 heavy (non-hydrogen) atoms. The molecule has 3 heteroatoms. The van der Waals surface area contributed by atoms with E-state index in [1.807, 2.05) is 6.92 Å². The summed E-state index contributed by atoms with van der Waals surface area (Å²) in [6.45, 7) is 8.40. The Balaban J connectivity index is 2.90. The Kier molecular flexibility index (Phi) is 5.84. The molecule has 2 atom stereocenters. The number of rotatable bonds is 6. The number of nitrogens with two attached hydrogens (primary N) is 1. The third-order valence-electron chi connectivity index (χ3n) is 3.23. The van der Waals surface area contributed by atoms with E-state index in [9.17, 15) is 0 Å². The van der Waals surface area contributed by atoms with E-state index in [2.05, 4.69) is 49.1 Å². The first-order valence-corrected chi connectivity index (χ1v) is 6.52. The molecule has 1 aromatic rings. The van der Waals surface area contributed by atoms with Gasteiger partial charge in [-0.3, -0.25) is 4.90 Å². The molecule has 0 amide bonds. The smallest absolute Gasteiger partial charge is 0.0666 e. The summed E-state index contributed by atoms with van der Waals surface area (Å²) in [7, 11) is 0. The van der Waals surface area contributed by atoms with Gasteiger partial charge in [0.2, 0.25) is 0 Å². The molecule has 1 aromatic carbocycles. The van der Waals surface area contributed by atoms with Gasteiger partial charge in [0.15, 0.2) is 0 Å². The first-order valence-electron chi connectivity index (χ1n) is 6.52. The van der Waals surface area contributed by atoms with E-state index in [1.54, 1.807) is 0 Å². The Labute approximate surface area is 110 Å². The van der Waals surface area contributed by atoms with Crippen molar-refractivity contribution in [2.24, 2.45) is 11.7 Å². The van der Waals surface area contributed by atoms with Crippen molar-refractivity contribution in [2.45, 2.75) is 26.8 Å². The molecule has 0 aromatic heterocycles. The topological polar surface area (TPSA) is 53.0 Å². The first-order chi connectivity index (χ1) is 8.62. The molecule has 0 fully saturated rings. The van der Waals surface area contributed by atoms with Crippen LogP contribution in [0.4, 0.5) is 0 Å². The second kappa shape index (κ2) is 7.15.